The highest BCUT2D eigenvalue weighted by Crippen LogP contribution is 2.54. The van der Waals surface area contributed by atoms with E-state index in [1.54, 1.807) is 0 Å². The van der Waals surface area contributed by atoms with Crippen molar-refractivity contribution in [3.8, 4) is 11.5 Å². The van der Waals surface area contributed by atoms with E-state index in [1.165, 1.54) is 24.0 Å². The van der Waals surface area contributed by atoms with Crippen LogP contribution < -0.4 is 15.2 Å². The van der Waals surface area contributed by atoms with Gasteiger partial charge >= 0.3 is 0 Å². The first kappa shape index (κ1) is 11.8. The Labute approximate surface area is 108 Å². The highest BCUT2D eigenvalue weighted by molar-refractivity contribution is 5.55. The second kappa shape index (κ2) is 4.16. The topological polar surface area (TPSA) is 44.5 Å². The average molecular weight is 247 g/mol. The van der Waals surface area contributed by atoms with Crippen molar-refractivity contribution in [2.45, 2.75) is 44.6 Å². The van der Waals surface area contributed by atoms with E-state index in [2.05, 4.69) is 19.9 Å². The lowest BCUT2D eigenvalue weighted by atomic mass is 9.84. The molecule has 3 nitrogen and oxygen atoms in total. The monoisotopic (exact) mass is 247 g/mol. The second-order valence-corrected chi connectivity index (χ2v) is 5.41. The molecule has 2 aliphatic rings. The molecule has 0 bridgehead atoms. The number of fused-ring (bicyclic) bond motifs is 1. The molecule has 3 heteroatoms. The van der Waals surface area contributed by atoms with Crippen LogP contribution in [0.5, 0.6) is 11.5 Å². The fraction of sp³-hybridized carbons (Fsp3) is 0.600. The van der Waals surface area contributed by atoms with E-state index in [-0.39, 0.29) is 11.5 Å². The summed E-state index contributed by atoms with van der Waals surface area (Å²) in [5, 5.41) is 0. The Morgan fingerprint density at radius 1 is 1.28 bits per heavy atom. The first-order valence-electron chi connectivity index (χ1n) is 6.86. The van der Waals surface area contributed by atoms with Gasteiger partial charge in [0.2, 0.25) is 0 Å². The van der Waals surface area contributed by atoms with Gasteiger partial charge in [0.15, 0.2) is 11.5 Å². The van der Waals surface area contributed by atoms with Crippen LogP contribution in [0.4, 0.5) is 0 Å². The van der Waals surface area contributed by atoms with Crippen molar-refractivity contribution in [2.75, 3.05) is 13.2 Å². The van der Waals surface area contributed by atoms with E-state index < -0.39 is 0 Å². The molecule has 1 aliphatic heterocycles. The Morgan fingerprint density at radius 3 is 2.61 bits per heavy atom. The van der Waals surface area contributed by atoms with Gasteiger partial charge in [-0.15, -0.1) is 0 Å². The summed E-state index contributed by atoms with van der Waals surface area (Å²) in [7, 11) is 0. The molecule has 1 aromatic rings. The van der Waals surface area contributed by atoms with Gasteiger partial charge in [0.05, 0.1) is 0 Å². The molecular formula is C15H21NO2. The fourth-order valence-corrected chi connectivity index (χ4v) is 3.10. The van der Waals surface area contributed by atoms with Crippen LogP contribution in [-0.2, 0) is 11.8 Å². The van der Waals surface area contributed by atoms with Crippen LogP contribution in [0.15, 0.2) is 12.1 Å². The summed E-state index contributed by atoms with van der Waals surface area (Å²) in [6.45, 7) is 5.58. The molecule has 2 N–H and O–H groups in total. The highest BCUT2D eigenvalue weighted by atomic mass is 16.6. The Bertz CT molecular complexity index is 464. The molecular weight excluding hydrogens is 226 g/mol. The molecule has 0 saturated heterocycles. The van der Waals surface area contributed by atoms with Crippen LogP contribution in [0, 0.1) is 0 Å². The van der Waals surface area contributed by atoms with Crippen molar-refractivity contribution < 1.29 is 9.47 Å². The number of nitrogens with two attached hydrogens (primary N) is 1. The maximum atomic E-state index is 6.19. The number of ether oxygens (including phenoxy) is 2. The van der Waals surface area contributed by atoms with Crippen LogP contribution in [0.3, 0.4) is 0 Å². The SMILES string of the molecule is CCc1c(C2(C(C)N)CC2)ccc2c1OCCO2. The number of rotatable bonds is 3. The summed E-state index contributed by atoms with van der Waals surface area (Å²) in [6, 6.07) is 4.44. The van der Waals surface area contributed by atoms with Gasteiger partial charge in [-0.3, -0.25) is 0 Å². The van der Waals surface area contributed by atoms with E-state index in [4.69, 9.17) is 15.2 Å². The van der Waals surface area contributed by atoms with E-state index in [0.29, 0.717) is 13.2 Å². The largest absolute Gasteiger partial charge is 0.486 e. The zero-order valence-corrected chi connectivity index (χ0v) is 11.2. The van der Waals surface area contributed by atoms with Crippen molar-refractivity contribution in [1.82, 2.24) is 0 Å². The highest BCUT2D eigenvalue weighted by Gasteiger charge is 2.49. The summed E-state index contributed by atoms with van der Waals surface area (Å²) in [5.74, 6) is 1.84. The Balaban J connectivity index is 2.11. The van der Waals surface area contributed by atoms with Crippen molar-refractivity contribution in [3.63, 3.8) is 0 Å². The van der Waals surface area contributed by atoms with Crippen molar-refractivity contribution in [3.05, 3.63) is 23.3 Å². The molecule has 1 fully saturated rings. The van der Waals surface area contributed by atoms with E-state index in [0.717, 1.165) is 17.9 Å². The first-order valence-corrected chi connectivity index (χ1v) is 6.86. The van der Waals surface area contributed by atoms with Crippen LogP contribution >= 0.6 is 0 Å². The molecule has 1 aromatic carbocycles. The summed E-state index contributed by atoms with van der Waals surface area (Å²) >= 11 is 0. The molecule has 3 rings (SSSR count). The van der Waals surface area contributed by atoms with Gasteiger partial charge in [-0.05, 0) is 37.8 Å². The lowest BCUT2D eigenvalue weighted by Crippen LogP contribution is -2.32. The third kappa shape index (κ3) is 1.61. The number of hydrogen-bond donors (Lipinski definition) is 1. The van der Waals surface area contributed by atoms with Gasteiger partial charge in [0, 0.05) is 17.0 Å². The molecule has 1 saturated carbocycles. The number of hydrogen-bond acceptors (Lipinski definition) is 3. The molecule has 0 spiro atoms. The smallest absolute Gasteiger partial charge is 0.164 e. The number of benzene rings is 1. The molecule has 0 amide bonds. The van der Waals surface area contributed by atoms with Crippen LogP contribution in [0.1, 0.15) is 37.8 Å². The molecule has 1 heterocycles. The Kier molecular flexibility index (Phi) is 2.74. The van der Waals surface area contributed by atoms with Crippen molar-refractivity contribution >= 4 is 0 Å². The third-order valence-electron chi connectivity index (χ3n) is 4.36. The van der Waals surface area contributed by atoms with Gasteiger partial charge in [0.25, 0.3) is 0 Å². The van der Waals surface area contributed by atoms with E-state index >= 15 is 0 Å². The minimum Gasteiger partial charge on any atom is -0.486 e. The van der Waals surface area contributed by atoms with Crippen LogP contribution in [-0.4, -0.2) is 19.3 Å². The Hall–Kier alpha value is -1.22. The van der Waals surface area contributed by atoms with E-state index in [9.17, 15) is 0 Å². The predicted octanol–water partition coefficient (Wildman–Crippen LogP) is 2.40. The molecule has 1 atom stereocenters. The van der Waals surface area contributed by atoms with Crippen molar-refractivity contribution in [1.29, 1.82) is 0 Å². The van der Waals surface area contributed by atoms with Gasteiger partial charge < -0.3 is 15.2 Å². The first-order chi connectivity index (χ1) is 8.69. The van der Waals surface area contributed by atoms with Crippen molar-refractivity contribution in [2.24, 2.45) is 5.73 Å². The quantitative estimate of drug-likeness (QED) is 0.892. The fourth-order valence-electron chi connectivity index (χ4n) is 3.10. The standard InChI is InChI=1S/C15H21NO2/c1-3-11-12(15(6-7-15)10(2)16)4-5-13-14(11)18-9-8-17-13/h4-5,10H,3,6-9,16H2,1-2H3. The zero-order chi connectivity index (χ0) is 12.8. The lowest BCUT2D eigenvalue weighted by molar-refractivity contribution is 0.169. The summed E-state index contributed by atoms with van der Waals surface area (Å²) in [5.41, 5.74) is 9.05. The minimum absolute atomic E-state index is 0.182. The lowest BCUT2D eigenvalue weighted by Gasteiger charge is -2.28. The maximum Gasteiger partial charge on any atom is 0.164 e. The van der Waals surface area contributed by atoms with Gasteiger partial charge in [-0.2, -0.15) is 0 Å². The molecule has 1 aliphatic carbocycles. The third-order valence-corrected chi connectivity index (χ3v) is 4.36. The minimum atomic E-state index is 0.182. The normalized spacial score (nSPS) is 21.5. The summed E-state index contributed by atoms with van der Waals surface area (Å²) in [6.07, 6.45) is 3.35. The average Bonchev–Trinajstić information content (AvgIpc) is 3.18. The molecule has 98 valence electrons. The zero-order valence-electron chi connectivity index (χ0n) is 11.2. The van der Waals surface area contributed by atoms with Crippen LogP contribution in [0.2, 0.25) is 0 Å². The second-order valence-electron chi connectivity index (χ2n) is 5.41. The molecule has 1 unspecified atom stereocenters. The van der Waals surface area contributed by atoms with E-state index in [1.807, 2.05) is 6.07 Å². The predicted molar refractivity (Wildman–Crippen MR) is 71.4 cm³/mol. The van der Waals surface area contributed by atoms with Gasteiger partial charge in [0.1, 0.15) is 13.2 Å². The summed E-state index contributed by atoms with van der Waals surface area (Å²) < 4.78 is 11.5. The van der Waals surface area contributed by atoms with Gasteiger partial charge in [-0.25, -0.2) is 0 Å². The molecule has 0 radical (unpaired) electrons. The van der Waals surface area contributed by atoms with Gasteiger partial charge in [-0.1, -0.05) is 13.0 Å². The Morgan fingerprint density at radius 2 is 2.00 bits per heavy atom. The molecule has 0 aromatic heterocycles. The van der Waals surface area contributed by atoms with Crippen LogP contribution in [0.25, 0.3) is 0 Å². The maximum absolute atomic E-state index is 6.19. The summed E-state index contributed by atoms with van der Waals surface area (Å²) in [4.78, 5) is 0. The molecule has 18 heavy (non-hydrogen) atoms.